The lowest BCUT2D eigenvalue weighted by Gasteiger charge is -2.32. The van der Waals surface area contributed by atoms with Crippen LogP contribution in [0.2, 0.25) is 0 Å². The van der Waals surface area contributed by atoms with E-state index in [0.29, 0.717) is 5.92 Å². The third-order valence-corrected chi connectivity index (χ3v) is 4.51. The van der Waals surface area contributed by atoms with E-state index in [1.165, 1.54) is 12.8 Å². The maximum Gasteiger partial charge on any atom is 0.230 e. The molecule has 2 aliphatic rings. The average molecular weight is 268 g/mol. The zero-order chi connectivity index (χ0) is 13.9. The Bertz CT molecular complexity index is 508. The minimum atomic E-state index is 0.0369. The lowest BCUT2D eigenvalue weighted by Crippen LogP contribution is -2.41. The van der Waals surface area contributed by atoms with Crippen molar-refractivity contribution in [2.45, 2.75) is 31.6 Å². The Hall–Kier alpha value is -1.82. The number of rotatable bonds is 3. The molecule has 0 spiro atoms. The van der Waals surface area contributed by atoms with Crippen molar-refractivity contribution in [2.24, 2.45) is 11.8 Å². The molecule has 1 aliphatic heterocycles. The summed E-state index contributed by atoms with van der Waals surface area (Å²) < 4.78 is 0. The summed E-state index contributed by atoms with van der Waals surface area (Å²) >= 11 is 0. The van der Waals surface area contributed by atoms with Gasteiger partial charge in [0.1, 0.15) is 0 Å². The number of benzene rings is 1. The van der Waals surface area contributed by atoms with Crippen molar-refractivity contribution in [3.63, 3.8) is 0 Å². The van der Waals surface area contributed by atoms with Gasteiger partial charge in [-0.25, -0.2) is 0 Å². The van der Waals surface area contributed by atoms with E-state index in [1.807, 2.05) is 23.1 Å². The van der Waals surface area contributed by atoms with Crippen LogP contribution in [-0.2, 0) is 4.79 Å². The van der Waals surface area contributed by atoms with Gasteiger partial charge in [-0.2, -0.15) is 5.26 Å². The Morgan fingerprint density at radius 1 is 1.15 bits per heavy atom. The molecular weight excluding hydrogens is 248 g/mol. The number of nitriles is 1. The molecule has 3 rings (SSSR count). The molecule has 1 aromatic carbocycles. The van der Waals surface area contributed by atoms with Gasteiger partial charge in [-0.05, 0) is 37.2 Å². The fraction of sp³-hybridized carbons (Fsp3) is 0.529. The minimum absolute atomic E-state index is 0.0369. The van der Waals surface area contributed by atoms with E-state index < -0.39 is 0 Å². The predicted molar refractivity (Wildman–Crippen MR) is 76.8 cm³/mol. The molecule has 0 radical (unpaired) electrons. The normalized spacial score (nSPS) is 21.2. The highest BCUT2D eigenvalue weighted by Crippen LogP contribution is 2.43. The number of nitrogens with zero attached hydrogens (tertiary/aromatic N) is 2. The van der Waals surface area contributed by atoms with Gasteiger partial charge in [0.2, 0.25) is 5.91 Å². The zero-order valence-electron chi connectivity index (χ0n) is 11.7. The first kappa shape index (κ1) is 13.2. The van der Waals surface area contributed by atoms with Crippen LogP contribution in [0.25, 0.3) is 0 Å². The fourth-order valence-electron chi connectivity index (χ4n) is 3.13. The van der Waals surface area contributed by atoms with Crippen LogP contribution < -0.4 is 0 Å². The van der Waals surface area contributed by atoms with E-state index in [1.54, 1.807) is 0 Å². The van der Waals surface area contributed by atoms with Crippen molar-refractivity contribution < 1.29 is 4.79 Å². The number of likely N-dealkylation sites (tertiary alicyclic amines) is 1. The zero-order valence-corrected chi connectivity index (χ0v) is 11.7. The monoisotopic (exact) mass is 268 g/mol. The van der Waals surface area contributed by atoms with Crippen LogP contribution in [0.5, 0.6) is 0 Å². The molecule has 1 heterocycles. The quantitative estimate of drug-likeness (QED) is 0.846. The van der Waals surface area contributed by atoms with Crippen LogP contribution in [-0.4, -0.2) is 23.9 Å². The molecule has 1 aromatic rings. The van der Waals surface area contributed by atoms with Crippen molar-refractivity contribution in [3.05, 3.63) is 35.9 Å². The largest absolute Gasteiger partial charge is 0.342 e. The smallest absolute Gasteiger partial charge is 0.230 e. The molecule has 1 unspecified atom stereocenters. The van der Waals surface area contributed by atoms with Crippen molar-refractivity contribution >= 4 is 5.91 Å². The fourth-order valence-corrected chi connectivity index (χ4v) is 3.13. The van der Waals surface area contributed by atoms with Crippen LogP contribution in [0.3, 0.4) is 0 Å². The van der Waals surface area contributed by atoms with Crippen molar-refractivity contribution in [1.29, 1.82) is 5.26 Å². The Morgan fingerprint density at radius 3 is 2.35 bits per heavy atom. The molecule has 3 nitrogen and oxygen atoms in total. The van der Waals surface area contributed by atoms with Gasteiger partial charge >= 0.3 is 0 Å². The molecule has 3 heteroatoms. The Morgan fingerprint density at radius 2 is 1.80 bits per heavy atom. The summed E-state index contributed by atoms with van der Waals surface area (Å²) in [6, 6.07) is 12.5. The van der Waals surface area contributed by atoms with E-state index in [4.69, 9.17) is 5.26 Å². The number of hydrogen-bond donors (Lipinski definition) is 0. The van der Waals surface area contributed by atoms with E-state index in [-0.39, 0.29) is 17.7 Å². The highest BCUT2D eigenvalue weighted by Gasteiger charge is 2.39. The molecule has 0 bridgehead atoms. The van der Waals surface area contributed by atoms with Crippen LogP contribution in [0.15, 0.2) is 30.3 Å². The summed E-state index contributed by atoms with van der Waals surface area (Å²) in [5, 5.41) is 8.95. The average Bonchev–Trinajstić information content (AvgIpc) is 3.33. The van der Waals surface area contributed by atoms with Gasteiger partial charge in [0, 0.05) is 19.0 Å². The summed E-state index contributed by atoms with van der Waals surface area (Å²) in [4.78, 5) is 14.8. The molecule has 20 heavy (non-hydrogen) atoms. The molecule has 1 aliphatic carbocycles. The maximum absolute atomic E-state index is 12.8. The molecule has 104 valence electrons. The number of piperidine rings is 1. The minimum Gasteiger partial charge on any atom is -0.342 e. The van der Waals surface area contributed by atoms with Crippen LogP contribution in [0, 0.1) is 23.2 Å². The summed E-state index contributed by atoms with van der Waals surface area (Å²) in [5.41, 5.74) is 1.16. The highest BCUT2D eigenvalue weighted by atomic mass is 16.2. The molecular formula is C17H20N2O. The lowest BCUT2D eigenvalue weighted by molar-refractivity contribution is -0.134. The molecule has 0 aromatic heterocycles. The molecule has 2 fully saturated rings. The topological polar surface area (TPSA) is 44.1 Å². The second-order valence-corrected chi connectivity index (χ2v) is 5.95. The number of carbonyl (C=O) groups excluding carboxylic acids is 1. The number of amides is 1. The molecule has 1 amide bonds. The van der Waals surface area contributed by atoms with Crippen molar-refractivity contribution in [3.8, 4) is 6.07 Å². The summed E-state index contributed by atoms with van der Waals surface area (Å²) in [6.45, 7) is 1.49. The standard InChI is InChI=1S/C17H20N2O/c18-12-13-8-10-19(11-9-13)17(20)16(15-6-7-15)14-4-2-1-3-5-14/h1-5,13,15-16H,6-11H2. The predicted octanol–water partition coefficient (Wildman–Crippen LogP) is 2.94. The molecule has 1 atom stereocenters. The summed E-state index contributed by atoms with van der Waals surface area (Å²) in [6.07, 6.45) is 3.99. The second-order valence-electron chi connectivity index (χ2n) is 5.95. The molecule has 0 N–H and O–H groups in total. The van der Waals surface area contributed by atoms with Crippen molar-refractivity contribution in [2.75, 3.05) is 13.1 Å². The van der Waals surface area contributed by atoms with Gasteiger partial charge in [-0.3, -0.25) is 4.79 Å². The second kappa shape index (κ2) is 5.66. The van der Waals surface area contributed by atoms with Crippen LogP contribution in [0.4, 0.5) is 0 Å². The summed E-state index contributed by atoms with van der Waals surface area (Å²) in [5.74, 6) is 0.971. The molecule has 1 saturated heterocycles. The summed E-state index contributed by atoms with van der Waals surface area (Å²) in [7, 11) is 0. The van der Waals surface area contributed by atoms with Crippen LogP contribution in [0.1, 0.15) is 37.2 Å². The number of carbonyl (C=O) groups is 1. The number of hydrogen-bond acceptors (Lipinski definition) is 2. The SMILES string of the molecule is N#CC1CCN(C(=O)C(c2ccccc2)C2CC2)CC1. The Balaban J connectivity index is 1.73. The van der Waals surface area contributed by atoms with Gasteiger partial charge in [0.25, 0.3) is 0 Å². The first-order valence-electron chi connectivity index (χ1n) is 7.53. The maximum atomic E-state index is 12.8. The van der Waals surface area contributed by atoms with Crippen molar-refractivity contribution in [1.82, 2.24) is 4.90 Å². The van der Waals surface area contributed by atoms with E-state index >= 15 is 0 Å². The Kier molecular flexibility index (Phi) is 3.73. The third kappa shape index (κ3) is 2.70. The van der Waals surface area contributed by atoms with E-state index in [9.17, 15) is 4.79 Å². The van der Waals surface area contributed by atoms with Gasteiger partial charge in [-0.1, -0.05) is 30.3 Å². The first-order valence-corrected chi connectivity index (χ1v) is 7.53. The highest BCUT2D eigenvalue weighted by molar-refractivity contribution is 5.84. The van der Waals surface area contributed by atoms with Crippen LogP contribution >= 0.6 is 0 Å². The lowest BCUT2D eigenvalue weighted by atomic mass is 9.91. The third-order valence-electron chi connectivity index (χ3n) is 4.51. The molecule has 1 saturated carbocycles. The Labute approximate surface area is 120 Å². The van der Waals surface area contributed by atoms with Gasteiger partial charge < -0.3 is 4.90 Å². The first-order chi connectivity index (χ1) is 9.79. The van der Waals surface area contributed by atoms with Gasteiger partial charge in [0.15, 0.2) is 0 Å². The van der Waals surface area contributed by atoms with Gasteiger partial charge in [0.05, 0.1) is 12.0 Å². The van der Waals surface area contributed by atoms with E-state index in [0.717, 1.165) is 31.5 Å². The van der Waals surface area contributed by atoms with Gasteiger partial charge in [-0.15, -0.1) is 0 Å². The van der Waals surface area contributed by atoms with E-state index in [2.05, 4.69) is 18.2 Å².